The first kappa shape index (κ1) is 32.8. The van der Waals surface area contributed by atoms with Crippen molar-refractivity contribution in [2.75, 3.05) is 6.61 Å². The van der Waals surface area contributed by atoms with Crippen LogP contribution in [-0.4, -0.2) is 52.9 Å². The van der Waals surface area contributed by atoms with Crippen LogP contribution < -0.4 is 0 Å². The number of aryl methyl sites for hydroxylation is 2. The molecule has 0 N–H and O–H groups in total. The van der Waals surface area contributed by atoms with Crippen LogP contribution in [0.1, 0.15) is 67.9 Å². The van der Waals surface area contributed by atoms with Gasteiger partial charge in [-0.2, -0.15) is 0 Å². The molecule has 0 aliphatic carbocycles. The van der Waals surface area contributed by atoms with Gasteiger partial charge in [-0.1, -0.05) is 92.2 Å². The van der Waals surface area contributed by atoms with Gasteiger partial charge in [-0.05, 0) is 72.3 Å². The van der Waals surface area contributed by atoms with Crippen molar-refractivity contribution < 1.29 is 18.8 Å². The summed E-state index contributed by atoms with van der Waals surface area (Å²) in [7, 11) is -2.00. The summed E-state index contributed by atoms with van der Waals surface area (Å²) in [4.78, 5) is 28.3. The number of hydrogen-bond acceptors (Lipinski definition) is 6. The quantitative estimate of drug-likeness (QED) is 0.162. The molecule has 1 saturated heterocycles. The van der Waals surface area contributed by atoms with Crippen molar-refractivity contribution in [3.05, 3.63) is 93.5 Å². The van der Waals surface area contributed by atoms with Gasteiger partial charge in [0, 0.05) is 18.9 Å². The van der Waals surface area contributed by atoms with E-state index in [0.29, 0.717) is 30.1 Å². The molecule has 1 aliphatic rings. The van der Waals surface area contributed by atoms with Crippen molar-refractivity contribution in [2.45, 2.75) is 90.7 Å². The Morgan fingerprint density at radius 3 is 2.56 bits per heavy atom. The van der Waals surface area contributed by atoms with Crippen LogP contribution in [0.15, 0.2) is 60.7 Å². The smallest absolute Gasteiger partial charge is 0.416 e. The van der Waals surface area contributed by atoms with Crippen LogP contribution in [0.5, 0.6) is 0 Å². The molecule has 2 atom stereocenters. The van der Waals surface area contributed by atoms with Gasteiger partial charge in [-0.25, -0.2) is 14.4 Å². The van der Waals surface area contributed by atoms with Crippen molar-refractivity contribution >= 4 is 43.0 Å². The second-order valence-corrected chi connectivity index (χ2v) is 18.6. The largest absolute Gasteiger partial charge is 0.447 e. The molecule has 1 aromatic heterocycles. The third kappa shape index (κ3) is 6.85. The number of fused-ring (bicyclic) bond motifs is 1. The fraction of sp³-hybridized carbons (Fsp3) is 0.429. The Morgan fingerprint density at radius 2 is 1.87 bits per heavy atom. The van der Waals surface area contributed by atoms with Gasteiger partial charge in [0.15, 0.2) is 8.32 Å². The lowest BCUT2D eigenvalue weighted by molar-refractivity contribution is -0.129. The summed E-state index contributed by atoms with van der Waals surface area (Å²) in [6.07, 6.45) is -0.0616. The summed E-state index contributed by atoms with van der Waals surface area (Å²) in [5.74, 6) is -0.754. The molecule has 0 saturated carbocycles. The van der Waals surface area contributed by atoms with Gasteiger partial charge >= 0.3 is 6.09 Å². The predicted molar refractivity (Wildman–Crippen MR) is 180 cm³/mol. The first-order chi connectivity index (χ1) is 21.3. The molecule has 45 heavy (non-hydrogen) atoms. The molecular formula is C35H43ClN4O4Si. The molecule has 2 unspecified atom stereocenters. The summed E-state index contributed by atoms with van der Waals surface area (Å²) >= 11 is 7.06. The molecule has 2 amide bonds. The number of carbonyl (C=O) groups is 2. The number of hydrogen-bond donors (Lipinski definition) is 0. The molecule has 2 heterocycles. The van der Waals surface area contributed by atoms with Crippen molar-refractivity contribution in [2.24, 2.45) is 0 Å². The second-order valence-electron chi connectivity index (χ2n) is 13.4. The third-order valence-electron chi connectivity index (χ3n) is 9.42. The van der Waals surface area contributed by atoms with Crippen LogP contribution in [0, 0.1) is 6.92 Å². The van der Waals surface area contributed by atoms with Gasteiger partial charge in [0.25, 0.3) is 0 Å². The van der Waals surface area contributed by atoms with E-state index in [1.807, 2.05) is 55.5 Å². The molecule has 238 valence electrons. The number of halogens is 1. The Hall–Kier alpha value is -3.53. The Bertz CT molecular complexity index is 1700. The van der Waals surface area contributed by atoms with Crippen molar-refractivity contribution in [1.82, 2.24) is 19.9 Å². The van der Waals surface area contributed by atoms with Crippen LogP contribution in [0.4, 0.5) is 4.79 Å². The molecule has 4 aromatic rings. The fourth-order valence-corrected chi connectivity index (χ4v) is 6.82. The summed E-state index contributed by atoms with van der Waals surface area (Å²) in [5, 5.41) is 9.15. The standard InChI is InChI=1S/C35H43ClN4O4Si/c1-8-39-30-17-16-28(32(36)33(30)37-38-39)29(25-15-14-23(2)26(19-25)21-44-45(6,7)35(3,4)5)20-31(41)40-27(22-43-34(40)42)18-24-12-10-9-11-13-24/h9-17,19,27,29H,8,18,20-22H2,1-7H3. The van der Waals surface area contributed by atoms with E-state index in [2.05, 4.69) is 63.2 Å². The number of ether oxygens (including phenoxy) is 1. The minimum absolute atomic E-state index is 0.0269. The highest BCUT2D eigenvalue weighted by molar-refractivity contribution is 6.74. The van der Waals surface area contributed by atoms with Gasteiger partial charge < -0.3 is 9.16 Å². The van der Waals surface area contributed by atoms with E-state index in [9.17, 15) is 9.59 Å². The Balaban J connectivity index is 1.52. The van der Waals surface area contributed by atoms with Gasteiger partial charge in [-0.15, -0.1) is 5.10 Å². The van der Waals surface area contributed by atoms with Crippen LogP contribution in [-0.2, 0) is 33.5 Å². The third-order valence-corrected chi connectivity index (χ3v) is 14.3. The van der Waals surface area contributed by atoms with E-state index in [1.165, 1.54) is 4.90 Å². The molecule has 0 spiro atoms. The van der Waals surface area contributed by atoms with Crippen molar-refractivity contribution in [3.8, 4) is 0 Å². The maximum atomic E-state index is 14.1. The molecule has 8 nitrogen and oxygen atoms in total. The summed E-state index contributed by atoms with van der Waals surface area (Å²) < 4.78 is 13.8. The van der Waals surface area contributed by atoms with Gasteiger partial charge in [0.2, 0.25) is 5.91 Å². The van der Waals surface area contributed by atoms with E-state index in [4.69, 9.17) is 20.8 Å². The number of cyclic esters (lactones) is 1. The molecule has 3 aromatic carbocycles. The van der Waals surface area contributed by atoms with Gasteiger partial charge in [0.05, 0.1) is 23.2 Å². The maximum Gasteiger partial charge on any atom is 0.416 e. The average Bonchev–Trinajstić information content (AvgIpc) is 3.59. The fourth-order valence-electron chi connectivity index (χ4n) is 5.54. The first-order valence-corrected chi connectivity index (χ1v) is 18.9. The molecule has 0 radical (unpaired) electrons. The molecular weight excluding hydrogens is 604 g/mol. The highest BCUT2D eigenvalue weighted by atomic mass is 35.5. The van der Waals surface area contributed by atoms with Crippen molar-refractivity contribution in [1.29, 1.82) is 0 Å². The van der Waals surface area contributed by atoms with Crippen LogP contribution in [0.3, 0.4) is 0 Å². The topological polar surface area (TPSA) is 86.6 Å². The minimum Gasteiger partial charge on any atom is -0.447 e. The number of nitrogens with zero attached hydrogens (tertiary/aromatic N) is 4. The highest BCUT2D eigenvalue weighted by Gasteiger charge is 2.40. The second kappa shape index (κ2) is 13.1. The lowest BCUT2D eigenvalue weighted by Gasteiger charge is -2.36. The van der Waals surface area contributed by atoms with E-state index >= 15 is 0 Å². The lowest BCUT2D eigenvalue weighted by Crippen LogP contribution is -2.41. The Labute approximate surface area is 271 Å². The minimum atomic E-state index is -2.00. The van der Waals surface area contributed by atoms with Gasteiger partial charge in [-0.3, -0.25) is 4.79 Å². The number of rotatable bonds is 10. The first-order valence-electron chi connectivity index (χ1n) is 15.6. The van der Waals surface area contributed by atoms with E-state index < -0.39 is 20.3 Å². The summed E-state index contributed by atoms with van der Waals surface area (Å²) in [6, 6.07) is 19.6. The zero-order chi connectivity index (χ0) is 32.5. The lowest BCUT2D eigenvalue weighted by atomic mass is 9.86. The summed E-state index contributed by atoms with van der Waals surface area (Å²) in [6.45, 7) is 16.5. The van der Waals surface area contributed by atoms with E-state index in [-0.39, 0.29) is 30.0 Å². The Kier molecular flexibility index (Phi) is 9.53. The maximum absolute atomic E-state index is 14.1. The average molecular weight is 647 g/mol. The normalized spacial score (nSPS) is 16.3. The Morgan fingerprint density at radius 1 is 1.13 bits per heavy atom. The predicted octanol–water partition coefficient (Wildman–Crippen LogP) is 8.05. The molecule has 1 aliphatic heterocycles. The molecule has 0 bridgehead atoms. The van der Waals surface area contributed by atoms with Crippen LogP contribution in [0.25, 0.3) is 11.0 Å². The highest BCUT2D eigenvalue weighted by Crippen LogP contribution is 2.40. The van der Waals surface area contributed by atoms with Crippen LogP contribution in [0.2, 0.25) is 23.2 Å². The number of benzene rings is 3. The number of amides is 2. The number of aromatic nitrogens is 3. The van der Waals surface area contributed by atoms with E-state index in [0.717, 1.165) is 33.3 Å². The monoisotopic (exact) mass is 646 g/mol. The molecule has 5 rings (SSSR count). The van der Waals surface area contributed by atoms with Crippen molar-refractivity contribution in [3.63, 3.8) is 0 Å². The zero-order valence-corrected chi connectivity index (χ0v) is 29.0. The number of imide groups is 1. The molecule has 1 fully saturated rings. The SMILES string of the molecule is CCn1nnc2c(Cl)c(C(CC(=O)N3C(=O)OCC3Cc3ccccc3)c3ccc(C)c(CO[Si](C)(C)C(C)(C)C)c3)ccc21. The molecule has 10 heteroatoms. The zero-order valence-electron chi connectivity index (χ0n) is 27.3. The summed E-state index contributed by atoms with van der Waals surface area (Å²) in [5.41, 5.74) is 6.30. The van der Waals surface area contributed by atoms with Crippen LogP contribution >= 0.6 is 11.6 Å². The number of carbonyl (C=O) groups excluding carboxylic acids is 2. The van der Waals surface area contributed by atoms with Gasteiger partial charge in [0.1, 0.15) is 12.1 Å². The van der Waals surface area contributed by atoms with E-state index in [1.54, 1.807) is 4.68 Å².